The molecule has 1 aromatic carbocycles. The molecule has 1 aromatic rings. The molecular weight excluding hydrogens is 226 g/mol. The number of benzene rings is 1. The zero-order chi connectivity index (χ0) is 13.4. The Kier molecular flexibility index (Phi) is 6.44. The topological polar surface area (TPSA) is 49.3 Å². The SMILES string of the molecule is CCCC(C)CC(=O)N[C@H](CO)c1ccccc1. The largest absolute Gasteiger partial charge is 0.394 e. The van der Waals surface area contributed by atoms with Gasteiger partial charge in [0.1, 0.15) is 0 Å². The Balaban J connectivity index is 2.51. The van der Waals surface area contributed by atoms with E-state index in [-0.39, 0.29) is 18.6 Å². The van der Waals surface area contributed by atoms with Crippen molar-refractivity contribution in [3.8, 4) is 0 Å². The zero-order valence-electron chi connectivity index (χ0n) is 11.2. The van der Waals surface area contributed by atoms with Crippen LogP contribution in [0.3, 0.4) is 0 Å². The van der Waals surface area contributed by atoms with Gasteiger partial charge in [0.25, 0.3) is 0 Å². The fourth-order valence-electron chi connectivity index (χ4n) is 2.08. The van der Waals surface area contributed by atoms with Gasteiger partial charge in [0, 0.05) is 6.42 Å². The number of aliphatic hydroxyl groups excluding tert-OH is 1. The van der Waals surface area contributed by atoms with Crippen LogP contribution in [0.1, 0.15) is 44.7 Å². The number of carbonyl (C=O) groups excluding carboxylic acids is 1. The molecule has 2 atom stereocenters. The van der Waals surface area contributed by atoms with Crippen LogP contribution >= 0.6 is 0 Å². The summed E-state index contributed by atoms with van der Waals surface area (Å²) in [6.07, 6.45) is 2.68. The molecule has 0 saturated heterocycles. The Bertz CT molecular complexity index is 351. The standard InChI is InChI=1S/C15H23NO2/c1-3-7-12(2)10-15(18)16-14(11-17)13-8-5-4-6-9-13/h4-6,8-9,12,14,17H,3,7,10-11H2,1-2H3,(H,16,18)/t12?,14-/m1/s1. The summed E-state index contributed by atoms with van der Waals surface area (Å²) in [7, 11) is 0. The highest BCUT2D eigenvalue weighted by atomic mass is 16.3. The second-order valence-electron chi connectivity index (χ2n) is 4.81. The lowest BCUT2D eigenvalue weighted by Crippen LogP contribution is -2.31. The predicted octanol–water partition coefficient (Wildman–Crippen LogP) is 2.66. The molecule has 0 spiro atoms. The fraction of sp³-hybridized carbons (Fsp3) is 0.533. The molecule has 100 valence electrons. The Labute approximate surface area is 109 Å². The molecule has 3 heteroatoms. The molecule has 0 heterocycles. The molecule has 1 rings (SSSR count). The summed E-state index contributed by atoms with van der Waals surface area (Å²) in [4.78, 5) is 11.8. The van der Waals surface area contributed by atoms with Gasteiger partial charge in [0.05, 0.1) is 12.6 Å². The van der Waals surface area contributed by atoms with Crippen molar-refractivity contribution >= 4 is 5.91 Å². The molecule has 0 fully saturated rings. The maximum absolute atomic E-state index is 11.8. The molecule has 18 heavy (non-hydrogen) atoms. The van der Waals surface area contributed by atoms with Crippen molar-refractivity contribution in [3.63, 3.8) is 0 Å². The smallest absolute Gasteiger partial charge is 0.220 e. The maximum atomic E-state index is 11.8. The third-order valence-corrected chi connectivity index (χ3v) is 3.04. The number of hydrogen-bond acceptors (Lipinski definition) is 2. The minimum atomic E-state index is -0.299. The van der Waals surface area contributed by atoms with E-state index in [9.17, 15) is 9.90 Å². The molecule has 0 aromatic heterocycles. The summed E-state index contributed by atoms with van der Waals surface area (Å²) in [5.41, 5.74) is 0.941. The minimum Gasteiger partial charge on any atom is -0.394 e. The summed E-state index contributed by atoms with van der Waals surface area (Å²) < 4.78 is 0. The van der Waals surface area contributed by atoms with Gasteiger partial charge in [-0.1, -0.05) is 57.0 Å². The second-order valence-corrected chi connectivity index (χ2v) is 4.81. The van der Waals surface area contributed by atoms with Crippen molar-refractivity contribution in [2.45, 2.75) is 39.2 Å². The zero-order valence-corrected chi connectivity index (χ0v) is 11.2. The fourth-order valence-corrected chi connectivity index (χ4v) is 2.08. The van der Waals surface area contributed by atoms with Gasteiger partial charge in [-0.3, -0.25) is 4.79 Å². The summed E-state index contributed by atoms with van der Waals surface area (Å²) in [6, 6.07) is 9.26. The van der Waals surface area contributed by atoms with Gasteiger partial charge in [-0.05, 0) is 11.5 Å². The predicted molar refractivity (Wildman–Crippen MR) is 73.1 cm³/mol. The van der Waals surface area contributed by atoms with Crippen LogP contribution in [0, 0.1) is 5.92 Å². The Morgan fingerprint density at radius 1 is 1.33 bits per heavy atom. The third-order valence-electron chi connectivity index (χ3n) is 3.04. The van der Waals surface area contributed by atoms with E-state index >= 15 is 0 Å². The van der Waals surface area contributed by atoms with Crippen LogP contribution in [0.4, 0.5) is 0 Å². The van der Waals surface area contributed by atoms with Crippen LogP contribution in [0.15, 0.2) is 30.3 Å². The second kappa shape index (κ2) is 7.88. The maximum Gasteiger partial charge on any atom is 0.220 e. The summed E-state index contributed by atoms with van der Waals surface area (Å²) >= 11 is 0. The molecule has 0 bridgehead atoms. The van der Waals surface area contributed by atoms with Crippen molar-refractivity contribution < 1.29 is 9.90 Å². The molecule has 2 N–H and O–H groups in total. The van der Waals surface area contributed by atoms with Crippen LogP contribution in [0.5, 0.6) is 0 Å². The highest BCUT2D eigenvalue weighted by Crippen LogP contribution is 2.14. The number of hydrogen-bond donors (Lipinski definition) is 2. The Morgan fingerprint density at radius 2 is 2.00 bits per heavy atom. The Morgan fingerprint density at radius 3 is 2.56 bits per heavy atom. The molecule has 0 saturated carbocycles. The molecular formula is C15H23NO2. The third kappa shape index (κ3) is 4.88. The molecule has 1 amide bonds. The molecule has 0 aliphatic carbocycles. The van der Waals surface area contributed by atoms with E-state index < -0.39 is 0 Å². The lowest BCUT2D eigenvalue weighted by molar-refractivity contribution is -0.123. The lowest BCUT2D eigenvalue weighted by Gasteiger charge is -2.18. The number of carbonyl (C=O) groups is 1. The quantitative estimate of drug-likeness (QED) is 0.780. The van der Waals surface area contributed by atoms with Crippen LogP contribution in [0.25, 0.3) is 0 Å². The first-order chi connectivity index (χ1) is 8.67. The first-order valence-electron chi connectivity index (χ1n) is 6.62. The van der Waals surface area contributed by atoms with Gasteiger partial charge in [-0.25, -0.2) is 0 Å². The van der Waals surface area contributed by atoms with E-state index in [0.717, 1.165) is 18.4 Å². The first kappa shape index (κ1) is 14.7. The molecule has 0 radical (unpaired) electrons. The molecule has 1 unspecified atom stereocenters. The average Bonchev–Trinajstić information content (AvgIpc) is 2.37. The molecule has 3 nitrogen and oxygen atoms in total. The van der Waals surface area contributed by atoms with Crippen molar-refractivity contribution in [2.75, 3.05) is 6.61 Å². The number of amides is 1. The highest BCUT2D eigenvalue weighted by molar-refractivity contribution is 5.76. The average molecular weight is 249 g/mol. The van der Waals surface area contributed by atoms with Gasteiger partial charge >= 0.3 is 0 Å². The van der Waals surface area contributed by atoms with Crippen LogP contribution in [0.2, 0.25) is 0 Å². The van der Waals surface area contributed by atoms with E-state index in [1.165, 1.54) is 0 Å². The van der Waals surface area contributed by atoms with E-state index in [1.807, 2.05) is 30.3 Å². The van der Waals surface area contributed by atoms with Crippen molar-refractivity contribution in [1.82, 2.24) is 5.32 Å². The van der Waals surface area contributed by atoms with Crippen molar-refractivity contribution in [1.29, 1.82) is 0 Å². The van der Waals surface area contributed by atoms with E-state index in [1.54, 1.807) is 0 Å². The monoisotopic (exact) mass is 249 g/mol. The van der Waals surface area contributed by atoms with Gasteiger partial charge in [-0.15, -0.1) is 0 Å². The molecule has 0 aliphatic heterocycles. The van der Waals surface area contributed by atoms with Gasteiger partial charge in [0.2, 0.25) is 5.91 Å². The first-order valence-corrected chi connectivity index (χ1v) is 6.62. The van der Waals surface area contributed by atoms with Gasteiger partial charge in [-0.2, -0.15) is 0 Å². The van der Waals surface area contributed by atoms with Crippen molar-refractivity contribution in [3.05, 3.63) is 35.9 Å². The highest BCUT2D eigenvalue weighted by Gasteiger charge is 2.15. The summed E-state index contributed by atoms with van der Waals surface area (Å²) in [5, 5.41) is 12.2. The number of aliphatic hydroxyl groups is 1. The van der Waals surface area contributed by atoms with Crippen LogP contribution in [-0.4, -0.2) is 17.6 Å². The van der Waals surface area contributed by atoms with Gasteiger partial charge in [0.15, 0.2) is 0 Å². The van der Waals surface area contributed by atoms with Crippen molar-refractivity contribution in [2.24, 2.45) is 5.92 Å². The van der Waals surface area contributed by atoms with Crippen LogP contribution < -0.4 is 5.32 Å². The number of nitrogens with one attached hydrogen (secondary N) is 1. The molecule has 0 aliphatic rings. The number of rotatable bonds is 7. The normalized spacial score (nSPS) is 13.9. The van der Waals surface area contributed by atoms with E-state index in [2.05, 4.69) is 19.2 Å². The Hall–Kier alpha value is -1.35. The summed E-state index contributed by atoms with van der Waals surface area (Å²) in [5.74, 6) is 0.406. The van der Waals surface area contributed by atoms with E-state index in [4.69, 9.17) is 0 Å². The van der Waals surface area contributed by atoms with Crippen LogP contribution in [-0.2, 0) is 4.79 Å². The van der Waals surface area contributed by atoms with E-state index in [0.29, 0.717) is 12.3 Å². The minimum absolute atomic E-state index is 0.0128. The lowest BCUT2D eigenvalue weighted by atomic mass is 10.0. The summed E-state index contributed by atoms with van der Waals surface area (Å²) in [6.45, 7) is 4.13. The van der Waals surface area contributed by atoms with Gasteiger partial charge < -0.3 is 10.4 Å².